The minimum atomic E-state index is -3.37. The number of rotatable bonds is 7. The monoisotopic (exact) mass is 309 g/mol. The average molecular weight is 309 g/mol. The molecule has 0 aliphatic rings. The molecule has 0 saturated heterocycles. The molecule has 0 bridgehead atoms. The number of hydrogen-bond donors (Lipinski definition) is 1. The molecule has 7 heteroatoms. The first-order valence-electron chi connectivity index (χ1n) is 6.84. The summed E-state index contributed by atoms with van der Waals surface area (Å²) in [5.74, 6) is 0.777. The maximum atomic E-state index is 12.0. The highest BCUT2D eigenvalue weighted by molar-refractivity contribution is 7.89. The predicted molar refractivity (Wildman–Crippen MR) is 79.1 cm³/mol. The first-order valence-corrected chi connectivity index (χ1v) is 8.49. The second-order valence-electron chi connectivity index (χ2n) is 4.84. The van der Waals surface area contributed by atoms with Gasteiger partial charge in [0.2, 0.25) is 21.8 Å². The van der Waals surface area contributed by atoms with Crippen molar-refractivity contribution >= 4 is 10.0 Å². The van der Waals surface area contributed by atoms with E-state index in [1.165, 1.54) is 0 Å². The Balaban J connectivity index is 2.22. The number of hydrogen-bond acceptors (Lipinski definition) is 5. The molecule has 6 nitrogen and oxygen atoms in total. The van der Waals surface area contributed by atoms with Crippen LogP contribution in [0.5, 0.6) is 0 Å². The highest BCUT2D eigenvalue weighted by atomic mass is 32.2. The third kappa shape index (κ3) is 4.64. The van der Waals surface area contributed by atoms with E-state index < -0.39 is 16.1 Å². The molecule has 1 N–H and O–H groups in total. The second-order valence-corrected chi connectivity index (χ2v) is 6.71. The lowest BCUT2D eigenvalue weighted by Crippen LogP contribution is -2.32. The molecule has 1 aromatic heterocycles. The Hall–Kier alpha value is -1.73. The van der Waals surface area contributed by atoms with Crippen LogP contribution in [-0.4, -0.2) is 24.4 Å². The van der Waals surface area contributed by atoms with Gasteiger partial charge in [-0.3, -0.25) is 0 Å². The van der Waals surface area contributed by atoms with Crippen LogP contribution >= 0.6 is 0 Å². The van der Waals surface area contributed by atoms with Gasteiger partial charge in [-0.25, -0.2) is 13.1 Å². The first kappa shape index (κ1) is 15.7. The number of sulfonamides is 1. The van der Waals surface area contributed by atoms with Gasteiger partial charge in [-0.05, 0) is 18.4 Å². The highest BCUT2D eigenvalue weighted by Crippen LogP contribution is 2.18. The van der Waals surface area contributed by atoms with Crippen LogP contribution in [0.2, 0.25) is 0 Å². The summed E-state index contributed by atoms with van der Waals surface area (Å²) < 4.78 is 32.1. The van der Waals surface area contributed by atoms with Crippen molar-refractivity contribution in [2.75, 3.05) is 5.75 Å². The van der Waals surface area contributed by atoms with Gasteiger partial charge < -0.3 is 4.42 Å². The van der Waals surface area contributed by atoms with E-state index in [0.717, 1.165) is 5.56 Å². The van der Waals surface area contributed by atoms with E-state index in [9.17, 15) is 8.42 Å². The molecule has 0 aliphatic carbocycles. The topological polar surface area (TPSA) is 85.1 Å². The molecule has 0 radical (unpaired) electrons. The van der Waals surface area contributed by atoms with Gasteiger partial charge >= 0.3 is 0 Å². The fraction of sp³-hybridized carbons (Fsp3) is 0.429. The maximum absolute atomic E-state index is 12.0. The molecule has 0 fully saturated rings. The summed E-state index contributed by atoms with van der Waals surface area (Å²) in [4.78, 5) is 0. The molecular formula is C14H19N3O3S. The molecule has 21 heavy (non-hydrogen) atoms. The number of nitrogens with one attached hydrogen (secondary N) is 1. The third-order valence-corrected chi connectivity index (χ3v) is 4.51. The maximum Gasteiger partial charge on any atom is 0.234 e. The molecule has 1 atom stereocenters. The van der Waals surface area contributed by atoms with Crippen molar-refractivity contribution in [2.24, 2.45) is 0 Å². The van der Waals surface area contributed by atoms with Crippen molar-refractivity contribution in [3.05, 3.63) is 47.7 Å². The molecule has 0 spiro atoms. The molecule has 1 heterocycles. The molecule has 0 aliphatic heterocycles. The number of benzene rings is 1. The molecule has 2 rings (SSSR count). The average Bonchev–Trinajstić information content (AvgIpc) is 2.85. The molecule has 1 aromatic carbocycles. The summed E-state index contributed by atoms with van der Waals surface area (Å²) in [7, 11) is -3.37. The largest absolute Gasteiger partial charge is 0.424 e. The number of aryl methyl sites for hydroxylation is 1. The zero-order valence-electron chi connectivity index (χ0n) is 12.1. The Bertz CT molecular complexity index is 668. The van der Waals surface area contributed by atoms with Crippen LogP contribution in [0.3, 0.4) is 0 Å². The molecule has 0 saturated carbocycles. The van der Waals surface area contributed by atoms with Crippen molar-refractivity contribution in [3.63, 3.8) is 0 Å². The molecule has 114 valence electrons. The van der Waals surface area contributed by atoms with Crippen LogP contribution in [0.1, 0.15) is 36.7 Å². The Morgan fingerprint density at radius 2 is 1.95 bits per heavy atom. The van der Waals surface area contributed by atoms with Gasteiger partial charge in [0.25, 0.3) is 0 Å². The van der Waals surface area contributed by atoms with Gasteiger partial charge in [0.05, 0.1) is 5.75 Å². The van der Waals surface area contributed by atoms with Crippen LogP contribution in [0.15, 0.2) is 34.7 Å². The number of aromatic nitrogens is 2. The molecular weight excluding hydrogens is 290 g/mol. The van der Waals surface area contributed by atoms with Gasteiger partial charge in [0, 0.05) is 6.92 Å². The lowest BCUT2D eigenvalue weighted by molar-refractivity contribution is 0.411. The van der Waals surface area contributed by atoms with Gasteiger partial charge in [-0.2, -0.15) is 0 Å². The van der Waals surface area contributed by atoms with Crippen LogP contribution in [0, 0.1) is 6.92 Å². The van der Waals surface area contributed by atoms with E-state index >= 15 is 0 Å². The Morgan fingerprint density at radius 1 is 1.24 bits per heavy atom. The summed E-state index contributed by atoms with van der Waals surface area (Å²) in [6, 6.07) is 9.05. The normalized spacial score (nSPS) is 13.2. The zero-order valence-corrected chi connectivity index (χ0v) is 12.9. The van der Waals surface area contributed by atoms with E-state index in [0.29, 0.717) is 18.7 Å². The second kappa shape index (κ2) is 6.82. The fourth-order valence-corrected chi connectivity index (χ4v) is 3.30. The summed E-state index contributed by atoms with van der Waals surface area (Å²) in [5, 5.41) is 7.72. The summed E-state index contributed by atoms with van der Waals surface area (Å²) in [5.41, 5.74) is 0.998. The van der Waals surface area contributed by atoms with Crippen LogP contribution in [0.25, 0.3) is 0 Å². The van der Waals surface area contributed by atoms with Crippen molar-refractivity contribution in [3.8, 4) is 0 Å². The lowest BCUT2D eigenvalue weighted by atomic mass is 10.1. The Labute approximate surface area is 124 Å². The van der Waals surface area contributed by atoms with E-state index in [-0.39, 0.29) is 11.6 Å². The van der Waals surface area contributed by atoms with E-state index in [2.05, 4.69) is 14.9 Å². The van der Waals surface area contributed by atoms with E-state index in [1.807, 2.05) is 37.3 Å². The smallest absolute Gasteiger partial charge is 0.234 e. The quantitative estimate of drug-likeness (QED) is 0.845. The summed E-state index contributed by atoms with van der Waals surface area (Å²) in [6.45, 7) is 3.50. The predicted octanol–water partition coefficient (Wildman–Crippen LogP) is 1.99. The van der Waals surface area contributed by atoms with Gasteiger partial charge in [-0.1, -0.05) is 37.3 Å². The Kier molecular flexibility index (Phi) is 5.08. The van der Waals surface area contributed by atoms with Gasteiger partial charge in [-0.15, -0.1) is 10.2 Å². The van der Waals surface area contributed by atoms with Crippen molar-refractivity contribution in [1.82, 2.24) is 14.9 Å². The lowest BCUT2D eigenvalue weighted by Gasteiger charge is -2.15. The minimum Gasteiger partial charge on any atom is -0.424 e. The summed E-state index contributed by atoms with van der Waals surface area (Å²) >= 11 is 0. The SMILES string of the molecule is CCCS(=O)(=O)NC(Cc1ccccc1)c1nnc(C)o1. The summed E-state index contributed by atoms with van der Waals surface area (Å²) in [6.07, 6.45) is 1.02. The molecule has 2 aromatic rings. The van der Waals surface area contributed by atoms with Crippen molar-refractivity contribution in [1.29, 1.82) is 0 Å². The fourth-order valence-electron chi connectivity index (χ4n) is 2.03. The Morgan fingerprint density at radius 3 is 2.52 bits per heavy atom. The molecule has 0 amide bonds. The van der Waals surface area contributed by atoms with Crippen LogP contribution in [-0.2, 0) is 16.4 Å². The van der Waals surface area contributed by atoms with Crippen LogP contribution in [0.4, 0.5) is 0 Å². The number of nitrogens with zero attached hydrogens (tertiary/aromatic N) is 2. The van der Waals surface area contributed by atoms with E-state index in [4.69, 9.17) is 4.42 Å². The third-order valence-electron chi connectivity index (χ3n) is 2.92. The van der Waals surface area contributed by atoms with Crippen molar-refractivity contribution in [2.45, 2.75) is 32.7 Å². The molecule has 1 unspecified atom stereocenters. The van der Waals surface area contributed by atoms with Crippen molar-refractivity contribution < 1.29 is 12.8 Å². The van der Waals surface area contributed by atoms with Crippen LogP contribution < -0.4 is 4.72 Å². The minimum absolute atomic E-state index is 0.0748. The first-order chi connectivity index (χ1) is 10.00. The highest BCUT2D eigenvalue weighted by Gasteiger charge is 2.24. The van der Waals surface area contributed by atoms with E-state index in [1.54, 1.807) is 6.92 Å². The standard InChI is InChI=1S/C14H19N3O3S/c1-3-9-21(18,19)17-13(14-16-15-11(2)20-14)10-12-7-5-4-6-8-12/h4-8,13,17H,3,9-10H2,1-2H3. The van der Waals surface area contributed by atoms with Gasteiger partial charge in [0.15, 0.2) is 0 Å². The zero-order chi connectivity index (χ0) is 15.3. The van der Waals surface area contributed by atoms with Gasteiger partial charge in [0.1, 0.15) is 6.04 Å².